The average molecular weight is 647 g/mol. The second kappa shape index (κ2) is 13.6. The van der Waals surface area contributed by atoms with Crippen molar-refractivity contribution < 1.29 is 9.05 Å². The summed E-state index contributed by atoms with van der Waals surface area (Å²) in [4.78, 5) is 0. The van der Waals surface area contributed by atoms with E-state index >= 15 is 0 Å². The molecule has 0 aliphatic rings. The van der Waals surface area contributed by atoms with Gasteiger partial charge in [-0.1, -0.05) is 121 Å². The molecule has 6 rings (SSSR count). The maximum absolute atomic E-state index is 6.54. The first-order valence-corrected chi connectivity index (χ1v) is 19.4. The van der Waals surface area contributed by atoms with Gasteiger partial charge >= 0.3 is 0 Å². The zero-order valence-electron chi connectivity index (χ0n) is 23.6. The van der Waals surface area contributed by atoms with Crippen molar-refractivity contribution in [2.45, 2.75) is 0 Å². The highest BCUT2D eigenvalue weighted by atomic mass is 32.4. The molecule has 0 fully saturated rings. The molecule has 0 bridgehead atoms. The van der Waals surface area contributed by atoms with Crippen LogP contribution in [0.5, 0.6) is 11.5 Å². The van der Waals surface area contributed by atoms with Crippen LogP contribution in [0, 0.1) is 0 Å². The topological polar surface area (TPSA) is 43.2 Å². The predicted octanol–water partition coefficient (Wildman–Crippen LogP) is 8.95. The van der Waals surface area contributed by atoms with E-state index < -0.39 is 12.5 Å². The first-order chi connectivity index (χ1) is 21.5. The zero-order valence-corrected chi connectivity index (χ0v) is 27.0. The minimum Gasteiger partial charge on any atom is -0.458 e. The maximum Gasteiger partial charge on any atom is 0.171 e. The van der Waals surface area contributed by atoms with Crippen LogP contribution in [0.4, 0.5) is 11.4 Å². The monoisotopic (exact) mass is 646 g/mol. The lowest BCUT2D eigenvalue weighted by Crippen LogP contribution is -2.19. The van der Waals surface area contributed by atoms with E-state index in [2.05, 4.69) is 10.2 Å². The lowest BCUT2D eigenvalue weighted by molar-refractivity contribution is 0.627. The Labute approximate surface area is 268 Å². The molecule has 0 spiro atoms. The molecule has 8 heteroatoms. The van der Waals surface area contributed by atoms with E-state index in [1.54, 1.807) is 0 Å². The van der Waals surface area contributed by atoms with Gasteiger partial charge in [-0.2, -0.15) is 10.2 Å². The van der Waals surface area contributed by atoms with Crippen molar-refractivity contribution in [3.63, 3.8) is 0 Å². The Balaban J connectivity index is 1.17. The number of hydrogen-bond donors (Lipinski definition) is 0. The summed E-state index contributed by atoms with van der Waals surface area (Å²) < 4.78 is 13.1. The molecule has 6 aromatic carbocycles. The summed E-state index contributed by atoms with van der Waals surface area (Å²) in [6, 6.07) is 55.2. The van der Waals surface area contributed by atoms with Crippen LogP contribution in [0.3, 0.4) is 0 Å². The molecule has 0 saturated carbocycles. The van der Waals surface area contributed by atoms with Crippen LogP contribution in [0.15, 0.2) is 180 Å². The molecule has 6 aromatic rings. The average Bonchev–Trinajstić information content (AvgIpc) is 3.10. The Kier molecular flexibility index (Phi) is 9.26. The highest BCUT2D eigenvalue weighted by molar-refractivity contribution is 8.20. The van der Waals surface area contributed by atoms with Crippen molar-refractivity contribution in [1.29, 1.82) is 0 Å². The summed E-state index contributed by atoms with van der Waals surface area (Å²) in [6.45, 7) is 0. The molecule has 0 saturated heterocycles. The fourth-order valence-corrected chi connectivity index (χ4v) is 10.7. The summed E-state index contributed by atoms with van der Waals surface area (Å²) in [5, 5.41) is 12.9. The number of azo groups is 1. The van der Waals surface area contributed by atoms with E-state index in [9.17, 15) is 0 Å². The van der Waals surface area contributed by atoms with E-state index in [1.165, 1.54) is 0 Å². The first kappa shape index (κ1) is 29.9. The number of hydrogen-bond acceptors (Lipinski definition) is 6. The van der Waals surface area contributed by atoms with Crippen molar-refractivity contribution in [3.8, 4) is 11.5 Å². The molecule has 0 radical (unpaired) electrons. The van der Waals surface area contributed by atoms with Crippen LogP contribution in [0.1, 0.15) is 0 Å². The van der Waals surface area contributed by atoms with Crippen molar-refractivity contribution in [1.82, 2.24) is 0 Å². The van der Waals surface area contributed by atoms with Gasteiger partial charge in [-0.3, -0.25) is 0 Å². The molecular weight excluding hydrogens is 618 g/mol. The molecule has 0 atom stereocenters. The van der Waals surface area contributed by atoms with E-state index in [0.717, 1.165) is 21.2 Å². The minimum atomic E-state index is -2.52. The van der Waals surface area contributed by atoms with Crippen LogP contribution in [-0.4, -0.2) is 0 Å². The number of benzene rings is 6. The van der Waals surface area contributed by atoms with E-state index in [0.29, 0.717) is 22.9 Å². The summed E-state index contributed by atoms with van der Waals surface area (Å²) in [6.07, 6.45) is -5.04. The third kappa shape index (κ3) is 6.80. The summed E-state index contributed by atoms with van der Waals surface area (Å²) in [7, 11) is 0. The minimum absolute atomic E-state index is 0.689. The summed E-state index contributed by atoms with van der Waals surface area (Å²) >= 11 is 12.4. The molecule has 0 aliphatic carbocycles. The van der Waals surface area contributed by atoms with Gasteiger partial charge in [-0.05, 0) is 72.1 Å². The van der Waals surface area contributed by atoms with E-state index in [1.807, 2.05) is 170 Å². The lowest BCUT2D eigenvalue weighted by atomic mass is 10.3. The van der Waals surface area contributed by atoms with Crippen molar-refractivity contribution in [3.05, 3.63) is 170 Å². The largest absolute Gasteiger partial charge is 0.458 e. The van der Waals surface area contributed by atoms with Crippen molar-refractivity contribution in [2.75, 3.05) is 0 Å². The Morgan fingerprint density at radius 2 is 0.591 bits per heavy atom. The highest BCUT2D eigenvalue weighted by Gasteiger charge is 2.26. The SMILES string of the molecule is S=P(Oc1ccc(N=Nc2ccc(OP(=S)(c3ccccc3)c3ccccc3)cc2)cc1)(c1ccccc1)c1ccccc1. The van der Waals surface area contributed by atoms with Gasteiger partial charge in [0, 0.05) is 21.2 Å². The summed E-state index contributed by atoms with van der Waals surface area (Å²) in [5.74, 6) is 1.38. The van der Waals surface area contributed by atoms with Gasteiger partial charge in [-0.25, -0.2) is 0 Å². The Bertz CT molecular complexity index is 1710. The number of rotatable bonds is 10. The van der Waals surface area contributed by atoms with Gasteiger partial charge in [0.2, 0.25) is 0 Å². The smallest absolute Gasteiger partial charge is 0.171 e. The van der Waals surface area contributed by atoms with E-state index in [4.69, 9.17) is 32.7 Å². The maximum atomic E-state index is 6.54. The zero-order chi connectivity index (χ0) is 30.2. The van der Waals surface area contributed by atoms with Crippen molar-refractivity contribution in [2.24, 2.45) is 10.2 Å². The molecule has 0 aliphatic heterocycles. The molecular formula is C36H28N2O2P2S2. The third-order valence-electron chi connectivity index (χ3n) is 6.81. The fourth-order valence-electron chi connectivity index (χ4n) is 4.57. The first-order valence-electron chi connectivity index (χ1n) is 14.0. The standard InChI is InChI=1S/C36H28N2O2P2S2/c43-41(33-13-5-1-6-14-33,34-15-7-2-8-16-34)39-31-25-21-29(22-26-31)37-38-30-23-27-32(28-24-30)40-42(44,35-17-9-3-10-18-35)36-19-11-4-12-20-36/h1-28H. The normalized spacial score (nSPS) is 11.7. The molecule has 0 N–H and O–H groups in total. The van der Waals surface area contributed by atoms with E-state index in [-0.39, 0.29) is 0 Å². The van der Waals surface area contributed by atoms with Gasteiger partial charge in [0.25, 0.3) is 0 Å². The van der Waals surface area contributed by atoms with Gasteiger partial charge in [0.05, 0.1) is 11.4 Å². The number of nitrogens with zero attached hydrogens (tertiary/aromatic N) is 2. The predicted molar refractivity (Wildman–Crippen MR) is 191 cm³/mol. The lowest BCUT2D eigenvalue weighted by Gasteiger charge is -2.24. The van der Waals surface area contributed by atoms with Gasteiger partial charge < -0.3 is 9.05 Å². The van der Waals surface area contributed by atoms with Crippen LogP contribution in [0.2, 0.25) is 0 Å². The molecule has 0 unspecified atom stereocenters. The van der Waals surface area contributed by atoms with Crippen molar-refractivity contribution >= 4 is 68.7 Å². The highest BCUT2D eigenvalue weighted by Crippen LogP contribution is 2.47. The van der Waals surface area contributed by atoms with Gasteiger partial charge in [0.1, 0.15) is 11.5 Å². The van der Waals surface area contributed by atoms with Crippen LogP contribution in [0.25, 0.3) is 0 Å². The molecule has 0 aromatic heterocycles. The fraction of sp³-hybridized carbons (Fsp3) is 0. The van der Waals surface area contributed by atoms with Crippen LogP contribution in [-0.2, 0) is 23.6 Å². The third-order valence-corrected chi connectivity index (χ3v) is 14.6. The van der Waals surface area contributed by atoms with Crippen LogP contribution >= 0.6 is 12.5 Å². The quantitative estimate of drug-likeness (QED) is 0.110. The summed E-state index contributed by atoms with van der Waals surface area (Å²) in [5.41, 5.74) is 1.41. The van der Waals surface area contributed by atoms with Crippen LogP contribution < -0.4 is 30.3 Å². The Hall–Kier alpha value is -4.18. The Morgan fingerprint density at radius 3 is 0.841 bits per heavy atom. The molecule has 44 heavy (non-hydrogen) atoms. The molecule has 216 valence electrons. The van der Waals surface area contributed by atoms with Gasteiger partial charge in [-0.15, -0.1) is 0 Å². The molecule has 4 nitrogen and oxygen atoms in total. The van der Waals surface area contributed by atoms with Gasteiger partial charge in [0.15, 0.2) is 12.5 Å². The molecule has 0 amide bonds. The second-order valence-electron chi connectivity index (χ2n) is 9.82. The second-order valence-corrected chi connectivity index (χ2v) is 17.5. The molecule has 0 heterocycles. The Morgan fingerprint density at radius 1 is 0.341 bits per heavy atom.